The van der Waals surface area contributed by atoms with Crippen LogP contribution in [-0.4, -0.2) is 28.2 Å². The average Bonchev–Trinajstić information content (AvgIpc) is 3.17. The lowest BCUT2D eigenvalue weighted by Gasteiger charge is -2.15. The molecule has 0 saturated carbocycles. The van der Waals surface area contributed by atoms with Gasteiger partial charge in [0.1, 0.15) is 0 Å². The maximum Gasteiger partial charge on any atom is 0.416 e. The molecule has 1 N–H and O–H groups in total. The number of fused-ring (bicyclic) bond motifs is 3. The Morgan fingerprint density at radius 2 is 1.76 bits per heavy atom. The molecule has 0 saturated heterocycles. The highest BCUT2D eigenvalue weighted by atomic mass is 19.4. The highest BCUT2D eigenvalue weighted by Gasteiger charge is 2.30. The molecule has 12 heteroatoms. The molecule has 0 amide bonds. The van der Waals surface area contributed by atoms with Crippen molar-refractivity contribution in [1.29, 1.82) is 0 Å². The molecule has 3 aromatic heterocycles. The maximum absolute atomic E-state index is 13.2. The molecule has 9 nitrogen and oxygen atoms in total. The van der Waals surface area contributed by atoms with Crippen LogP contribution < -0.4 is 16.8 Å². The van der Waals surface area contributed by atoms with Gasteiger partial charge in [0, 0.05) is 14.1 Å². The van der Waals surface area contributed by atoms with Gasteiger partial charge in [0.2, 0.25) is 11.7 Å². The van der Waals surface area contributed by atoms with Crippen molar-refractivity contribution in [3.05, 3.63) is 72.1 Å². The monoisotopic (exact) mass is 463 g/mol. The van der Waals surface area contributed by atoms with E-state index in [0.29, 0.717) is 6.42 Å². The van der Waals surface area contributed by atoms with E-state index in [4.69, 9.17) is 0 Å². The summed E-state index contributed by atoms with van der Waals surface area (Å²) in [5, 5.41) is 10.9. The summed E-state index contributed by atoms with van der Waals surface area (Å²) in [5.74, 6) is -0.619. The first-order valence-electron chi connectivity index (χ1n) is 10.1. The third-order valence-corrected chi connectivity index (χ3v) is 5.56. The van der Waals surface area contributed by atoms with Gasteiger partial charge in [0.25, 0.3) is 11.1 Å². The van der Waals surface area contributed by atoms with Crippen LogP contribution in [0.15, 0.2) is 38.6 Å². The Kier molecular flexibility index (Phi) is 5.18. The number of imidazole rings is 1. The van der Waals surface area contributed by atoms with Crippen LogP contribution in [0, 0.1) is 0 Å². The zero-order chi connectivity index (χ0) is 24.2. The molecule has 0 spiro atoms. The molecule has 33 heavy (non-hydrogen) atoms. The Morgan fingerprint density at radius 1 is 1.06 bits per heavy atom. The molecule has 0 atom stereocenters. The summed E-state index contributed by atoms with van der Waals surface area (Å²) >= 11 is 0. The molecular weight excluding hydrogens is 443 g/mol. The number of halogens is 3. The van der Waals surface area contributed by atoms with Crippen molar-refractivity contribution in [3.63, 3.8) is 0 Å². The van der Waals surface area contributed by atoms with Crippen LogP contribution in [0.4, 0.5) is 13.2 Å². The Labute approximate surface area is 183 Å². The quantitative estimate of drug-likeness (QED) is 0.497. The van der Waals surface area contributed by atoms with Crippen molar-refractivity contribution in [2.75, 3.05) is 0 Å². The molecule has 4 rings (SSSR count). The Hall–Kier alpha value is -3.83. The number of hydrogen-bond donors (Lipinski definition) is 1. The van der Waals surface area contributed by atoms with E-state index in [1.165, 1.54) is 30.8 Å². The van der Waals surface area contributed by atoms with E-state index in [9.17, 15) is 32.7 Å². The summed E-state index contributed by atoms with van der Waals surface area (Å²) in [6, 6.07) is 4.55. The van der Waals surface area contributed by atoms with Crippen molar-refractivity contribution in [1.82, 2.24) is 23.1 Å². The van der Waals surface area contributed by atoms with Crippen LogP contribution in [-0.2, 0) is 33.2 Å². The number of rotatable bonds is 4. The molecule has 1 aromatic carbocycles. The smallest absolute Gasteiger partial charge is 0.416 e. The lowest BCUT2D eigenvalue weighted by Crippen LogP contribution is -2.38. The fourth-order valence-corrected chi connectivity index (χ4v) is 3.89. The predicted octanol–water partition coefficient (Wildman–Crippen LogP) is 1.77. The van der Waals surface area contributed by atoms with Gasteiger partial charge in [-0.3, -0.25) is 23.3 Å². The topological polar surface area (TPSA) is 104 Å². The average molecular weight is 463 g/mol. The molecule has 0 aliphatic carbocycles. The number of nitrogens with zero attached hydrogens (tertiary/aromatic N) is 5. The minimum absolute atomic E-state index is 0.00724. The SMILES string of the molecule is CCCc1c(O)n(Cc2cccc(C(F)(F)F)c2)c2nc3c(c(=O)n(C)c(=O)n3C)n2c1=O. The van der Waals surface area contributed by atoms with Crippen LogP contribution in [0.1, 0.15) is 30.0 Å². The number of hydrogen-bond acceptors (Lipinski definition) is 5. The molecule has 0 aliphatic heterocycles. The van der Waals surface area contributed by atoms with E-state index in [-0.39, 0.29) is 41.0 Å². The lowest BCUT2D eigenvalue weighted by atomic mass is 10.1. The molecule has 174 valence electrons. The van der Waals surface area contributed by atoms with Crippen LogP contribution in [0.2, 0.25) is 0 Å². The van der Waals surface area contributed by atoms with E-state index in [2.05, 4.69) is 4.98 Å². The summed E-state index contributed by atoms with van der Waals surface area (Å²) in [4.78, 5) is 42.7. The van der Waals surface area contributed by atoms with Gasteiger partial charge in [-0.25, -0.2) is 9.20 Å². The first-order valence-corrected chi connectivity index (χ1v) is 10.1. The van der Waals surface area contributed by atoms with E-state index in [0.717, 1.165) is 25.7 Å². The fraction of sp³-hybridized carbons (Fsp3) is 0.333. The number of aryl methyl sites for hydroxylation is 1. The summed E-state index contributed by atoms with van der Waals surface area (Å²) in [7, 11) is 2.64. The molecule has 0 radical (unpaired) electrons. The van der Waals surface area contributed by atoms with E-state index in [1.54, 1.807) is 6.92 Å². The lowest BCUT2D eigenvalue weighted by molar-refractivity contribution is -0.137. The highest BCUT2D eigenvalue weighted by molar-refractivity contribution is 5.75. The van der Waals surface area contributed by atoms with Gasteiger partial charge < -0.3 is 5.11 Å². The number of benzene rings is 1. The van der Waals surface area contributed by atoms with Crippen molar-refractivity contribution in [2.45, 2.75) is 32.5 Å². The van der Waals surface area contributed by atoms with Crippen LogP contribution in [0.5, 0.6) is 5.88 Å². The highest BCUT2D eigenvalue weighted by Crippen LogP contribution is 2.30. The second-order valence-corrected chi connectivity index (χ2v) is 7.77. The van der Waals surface area contributed by atoms with Gasteiger partial charge in [-0.2, -0.15) is 18.2 Å². The minimum Gasteiger partial charge on any atom is -0.494 e. The molecule has 3 heterocycles. The molecular formula is C21H20F3N5O4. The van der Waals surface area contributed by atoms with Crippen LogP contribution in [0.3, 0.4) is 0 Å². The second-order valence-electron chi connectivity index (χ2n) is 7.77. The van der Waals surface area contributed by atoms with Gasteiger partial charge >= 0.3 is 11.9 Å². The molecule has 0 aliphatic rings. The zero-order valence-corrected chi connectivity index (χ0v) is 18.0. The fourth-order valence-electron chi connectivity index (χ4n) is 3.89. The van der Waals surface area contributed by atoms with Crippen molar-refractivity contribution < 1.29 is 18.3 Å². The molecule has 0 unspecified atom stereocenters. The van der Waals surface area contributed by atoms with Crippen LogP contribution in [0.25, 0.3) is 16.9 Å². The molecule has 4 aromatic rings. The van der Waals surface area contributed by atoms with E-state index in [1.807, 2.05) is 0 Å². The zero-order valence-electron chi connectivity index (χ0n) is 18.0. The molecule has 0 bridgehead atoms. The van der Waals surface area contributed by atoms with Crippen molar-refractivity contribution in [2.24, 2.45) is 14.1 Å². The summed E-state index contributed by atoms with van der Waals surface area (Å²) in [5.41, 5.74) is -3.00. The van der Waals surface area contributed by atoms with Gasteiger partial charge in [0.05, 0.1) is 17.7 Å². The first kappa shape index (κ1) is 22.4. The number of aromatic hydroxyl groups is 1. The number of aromatic nitrogens is 5. The summed E-state index contributed by atoms with van der Waals surface area (Å²) < 4.78 is 43.6. The Morgan fingerprint density at radius 3 is 2.39 bits per heavy atom. The second kappa shape index (κ2) is 7.64. The number of alkyl halides is 3. The standard InChI is InChI=1S/C21H20F3N5O4/c1-4-6-13-16(30)28(10-11-7-5-8-12(9-11)21(22,23)24)19-25-15-14(29(19)17(13)31)18(32)27(3)20(33)26(15)2/h5,7-9,30H,4,6,10H2,1-3H3. The van der Waals surface area contributed by atoms with E-state index < -0.39 is 34.4 Å². The largest absolute Gasteiger partial charge is 0.494 e. The Balaban J connectivity index is 2.11. The van der Waals surface area contributed by atoms with Gasteiger partial charge in [-0.1, -0.05) is 25.5 Å². The third-order valence-electron chi connectivity index (χ3n) is 5.56. The Bertz CT molecular complexity index is 1590. The first-order chi connectivity index (χ1) is 15.5. The summed E-state index contributed by atoms with van der Waals surface area (Å²) in [6.45, 7) is 1.53. The molecule has 0 fully saturated rings. The minimum atomic E-state index is -4.56. The van der Waals surface area contributed by atoms with E-state index >= 15 is 0 Å². The van der Waals surface area contributed by atoms with Gasteiger partial charge in [-0.15, -0.1) is 0 Å². The van der Waals surface area contributed by atoms with Crippen molar-refractivity contribution >= 4 is 16.9 Å². The van der Waals surface area contributed by atoms with Gasteiger partial charge in [-0.05, 0) is 24.1 Å². The van der Waals surface area contributed by atoms with Crippen LogP contribution >= 0.6 is 0 Å². The normalized spacial score (nSPS) is 12.2. The predicted molar refractivity (Wildman–Crippen MR) is 114 cm³/mol. The van der Waals surface area contributed by atoms with Gasteiger partial charge in [0.15, 0.2) is 11.2 Å². The summed E-state index contributed by atoms with van der Waals surface area (Å²) in [6.07, 6.45) is -3.91. The maximum atomic E-state index is 13.2. The third kappa shape index (κ3) is 3.41. The van der Waals surface area contributed by atoms with Crippen molar-refractivity contribution in [3.8, 4) is 5.88 Å².